The van der Waals surface area contributed by atoms with Gasteiger partial charge in [0.1, 0.15) is 0 Å². The molecule has 0 heterocycles. The average Bonchev–Trinajstić information content (AvgIpc) is 1.84. The first kappa shape index (κ1) is 17.3. The maximum atomic E-state index is 8.01. The van der Waals surface area contributed by atoms with E-state index in [1.165, 1.54) is 0 Å². The maximum absolute atomic E-state index is 8.01. The Balaban J connectivity index is -0.000000245. The summed E-state index contributed by atoms with van der Waals surface area (Å²) in [5.74, 6) is 0. The van der Waals surface area contributed by atoms with Gasteiger partial charge in [0.05, 0.1) is 12.1 Å². The third-order valence-corrected chi connectivity index (χ3v) is 1.13. The number of hydrogen-bond acceptors (Lipinski definition) is 4. The number of nitriles is 2. The quantitative estimate of drug-likeness (QED) is 0.215. The van der Waals surface area contributed by atoms with E-state index < -0.39 is 0 Å². The molecule has 0 spiro atoms. The van der Waals surface area contributed by atoms with Crippen molar-refractivity contribution in [3.05, 3.63) is 9.81 Å². The van der Waals surface area contributed by atoms with Crippen molar-refractivity contribution >= 4 is 25.3 Å². The van der Waals surface area contributed by atoms with Crippen LogP contribution in [0.4, 0.5) is 0 Å². The van der Waals surface area contributed by atoms with E-state index in [0.29, 0.717) is 0 Å². The van der Waals surface area contributed by atoms with Crippen molar-refractivity contribution < 1.29 is 59.1 Å². The van der Waals surface area contributed by atoms with Crippen LogP contribution in [-0.4, -0.2) is 0 Å². The van der Waals surface area contributed by atoms with Crippen LogP contribution < -0.4 is 59.1 Å². The first-order chi connectivity index (χ1) is 3.72. The summed E-state index contributed by atoms with van der Waals surface area (Å²) < 4.78 is 0. The second-order valence-corrected chi connectivity index (χ2v) is 1.70. The fourth-order valence-electron chi connectivity index (χ4n) is 0.102. The molecule has 0 atom stereocenters. The van der Waals surface area contributed by atoms with Crippen LogP contribution in [0.5, 0.6) is 0 Å². The van der Waals surface area contributed by atoms with Crippen LogP contribution in [0.15, 0.2) is 9.81 Å². The van der Waals surface area contributed by atoms with Gasteiger partial charge in [-0.25, -0.2) is 0 Å². The Labute approximate surface area is 115 Å². The SMILES string of the molecule is N#C/C([S-])=C(/[S-])C#N.[Na+].[Na+]. The predicted molar refractivity (Wildman–Crippen MR) is 33.0 cm³/mol. The molecule has 0 saturated carbocycles. The third kappa shape index (κ3) is 7.27. The Kier molecular flexibility index (Phi) is 17.6. The van der Waals surface area contributed by atoms with E-state index in [-0.39, 0.29) is 68.9 Å². The predicted octanol–water partition coefficient (Wildman–Crippen LogP) is -5.65. The first-order valence-electron chi connectivity index (χ1n) is 1.61. The van der Waals surface area contributed by atoms with Crippen molar-refractivity contribution in [3.63, 3.8) is 0 Å². The van der Waals surface area contributed by atoms with E-state index in [4.69, 9.17) is 10.5 Å². The molecule has 0 bridgehead atoms. The molecule has 0 N–H and O–H groups in total. The Morgan fingerprint density at radius 2 is 1.10 bits per heavy atom. The minimum atomic E-state index is -0.109. The van der Waals surface area contributed by atoms with Gasteiger partial charge in [0.2, 0.25) is 0 Å². The monoisotopic (exact) mass is 186 g/mol. The Hall–Kier alpha value is 1.16. The summed E-state index contributed by atoms with van der Waals surface area (Å²) in [6.45, 7) is 0. The summed E-state index contributed by atoms with van der Waals surface area (Å²) in [7, 11) is 0. The van der Waals surface area contributed by atoms with E-state index in [1.807, 2.05) is 0 Å². The van der Waals surface area contributed by atoms with Gasteiger partial charge in [0.15, 0.2) is 0 Å². The van der Waals surface area contributed by atoms with Gasteiger partial charge < -0.3 is 25.3 Å². The second-order valence-electron chi connectivity index (χ2n) is 0.882. The smallest absolute Gasteiger partial charge is 0.770 e. The maximum Gasteiger partial charge on any atom is 1.00 e. The molecule has 0 aliphatic carbocycles. The molecule has 0 aromatic carbocycles. The van der Waals surface area contributed by atoms with Crippen molar-refractivity contribution in [3.8, 4) is 12.1 Å². The van der Waals surface area contributed by atoms with Crippen LogP contribution in [0.2, 0.25) is 0 Å². The standard InChI is InChI=1S/C4H2N2S2.2Na/c5-1-3(7)4(8)2-6;;/h7-8H;;/q;2*+1/p-2/b4-3-;;. The molecule has 0 aliphatic heterocycles. The molecule has 40 valence electrons. The Morgan fingerprint density at radius 1 is 0.900 bits per heavy atom. The number of nitrogens with zero attached hydrogens (tertiary/aromatic N) is 2. The summed E-state index contributed by atoms with van der Waals surface area (Å²) in [5, 5.41) is 16.0. The van der Waals surface area contributed by atoms with Crippen LogP contribution in [0.3, 0.4) is 0 Å². The van der Waals surface area contributed by atoms with Crippen LogP contribution >= 0.6 is 0 Å². The molecule has 0 saturated heterocycles. The molecule has 0 aromatic rings. The van der Waals surface area contributed by atoms with E-state index in [9.17, 15) is 0 Å². The molecule has 0 aliphatic rings. The molecule has 0 radical (unpaired) electrons. The van der Waals surface area contributed by atoms with Crippen molar-refractivity contribution in [1.82, 2.24) is 0 Å². The van der Waals surface area contributed by atoms with Crippen molar-refractivity contribution in [1.29, 1.82) is 10.5 Å². The van der Waals surface area contributed by atoms with Crippen LogP contribution in [0, 0.1) is 22.7 Å². The van der Waals surface area contributed by atoms with Gasteiger partial charge in [-0.1, -0.05) is 0 Å². The fraction of sp³-hybridized carbons (Fsp3) is 0. The molecule has 0 rings (SSSR count). The van der Waals surface area contributed by atoms with Crippen LogP contribution in [-0.2, 0) is 25.3 Å². The minimum Gasteiger partial charge on any atom is -0.770 e. The molecule has 0 amide bonds. The topological polar surface area (TPSA) is 47.6 Å². The van der Waals surface area contributed by atoms with Gasteiger partial charge in [-0.05, 0) is 0 Å². The molecule has 0 aromatic heterocycles. The summed E-state index contributed by atoms with van der Waals surface area (Å²) in [6, 6.07) is 3.17. The van der Waals surface area contributed by atoms with Crippen LogP contribution in [0.1, 0.15) is 0 Å². The Bertz CT molecular complexity index is 178. The van der Waals surface area contributed by atoms with E-state index in [2.05, 4.69) is 25.3 Å². The van der Waals surface area contributed by atoms with Gasteiger partial charge in [0.25, 0.3) is 0 Å². The number of rotatable bonds is 0. The molecule has 0 unspecified atom stereocenters. The molecule has 0 fully saturated rings. The summed E-state index contributed by atoms with van der Waals surface area (Å²) in [4.78, 5) is -0.218. The fourth-order valence-corrected chi connectivity index (χ4v) is 0.193. The molecule has 10 heavy (non-hydrogen) atoms. The van der Waals surface area contributed by atoms with Gasteiger partial charge in [-0.15, -0.1) is 9.81 Å². The summed E-state index contributed by atoms with van der Waals surface area (Å²) >= 11 is 8.70. The van der Waals surface area contributed by atoms with Gasteiger partial charge in [-0.3, -0.25) is 0 Å². The van der Waals surface area contributed by atoms with Gasteiger partial charge in [0, 0.05) is 0 Å². The van der Waals surface area contributed by atoms with E-state index in [0.717, 1.165) is 0 Å². The average molecular weight is 186 g/mol. The van der Waals surface area contributed by atoms with Crippen molar-refractivity contribution in [2.75, 3.05) is 0 Å². The molecular weight excluding hydrogens is 186 g/mol. The summed E-state index contributed by atoms with van der Waals surface area (Å²) in [5.41, 5.74) is 0. The summed E-state index contributed by atoms with van der Waals surface area (Å²) in [6.07, 6.45) is 0. The number of hydrogen-bond donors (Lipinski definition) is 0. The van der Waals surface area contributed by atoms with E-state index in [1.54, 1.807) is 12.1 Å². The Morgan fingerprint density at radius 3 is 1.20 bits per heavy atom. The zero-order valence-corrected chi connectivity index (χ0v) is 11.3. The molecular formula is C4N2Na2S2. The van der Waals surface area contributed by atoms with Crippen LogP contribution in [0.25, 0.3) is 0 Å². The first-order valence-corrected chi connectivity index (χ1v) is 2.42. The number of allylic oxidation sites excluding steroid dienone is 2. The molecule has 2 nitrogen and oxygen atoms in total. The zero-order chi connectivity index (χ0) is 6.57. The van der Waals surface area contributed by atoms with Gasteiger partial charge >= 0.3 is 59.1 Å². The largest absolute Gasteiger partial charge is 1.00 e. The molecule has 6 heteroatoms. The van der Waals surface area contributed by atoms with Crippen molar-refractivity contribution in [2.24, 2.45) is 0 Å². The van der Waals surface area contributed by atoms with Crippen molar-refractivity contribution in [2.45, 2.75) is 0 Å². The second kappa shape index (κ2) is 10.2. The minimum absolute atomic E-state index is 0. The zero-order valence-electron chi connectivity index (χ0n) is 5.71. The third-order valence-electron chi connectivity index (χ3n) is 0.409. The van der Waals surface area contributed by atoms with Gasteiger partial charge in [-0.2, -0.15) is 10.5 Å². The normalized spacial score (nSPS) is 8.60. The van der Waals surface area contributed by atoms with E-state index >= 15 is 0 Å².